The predicted octanol–water partition coefficient (Wildman–Crippen LogP) is 3.81. The topological polar surface area (TPSA) is 103 Å². The first kappa shape index (κ1) is 19.6. The Hall–Kier alpha value is -2.74. The molecule has 0 fully saturated rings. The molecule has 150 valence electrons. The molecule has 0 amide bonds. The number of para-hydroxylation sites is 1. The first-order valence-corrected chi connectivity index (χ1v) is 9.76. The quantitative estimate of drug-likeness (QED) is 0.357. The molecule has 1 atom stereocenters. The zero-order valence-electron chi connectivity index (χ0n) is 15.3. The molecule has 4 rings (SSSR count). The van der Waals surface area contributed by atoms with Gasteiger partial charge in [0.1, 0.15) is 6.26 Å². The number of hydrogen-bond donors (Lipinski definition) is 4. The van der Waals surface area contributed by atoms with Crippen LogP contribution in [0.5, 0.6) is 0 Å². The minimum absolute atomic E-state index is 0.0722. The van der Waals surface area contributed by atoms with E-state index in [1.165, 1.54) is 6.26 Å². The summed E-state index contributed by atoms with van der Waals surface area (Å²) in [5.74, 6) is 0.565. The van der Waals surface area contributed by atoms with E-state index in [0.29, 0.717) is 29.0 Å². The minimum atomic E-state index is -0.251. The number of aromatic amines is 1. The highest BCUT2D eigenvalue weighted by Gasteiger charge is 2.14. The summed E-state index contributed by atoms with van der Waals surface area (Å²) in [5, 5.41) is 21.8. The van der Waals surface area contributed by atoms with Crippen LogP contribution in [0.4, 0.5) is 5.95 Å². The van der Waals surface area contributed by atoms with E-state index in [1.54, 1.807) is 22.9 Å². The number of halogens is 2. The second-order valence-corrected chi connectivity index (χ2v) is 7.53. The molecule has 4 N–H and O–H groups in total. The fourth-order valence-corrected chi connectivity index (χ4v) is 3.53. The molecule has 2 aromatic heterocycles. The Morgan fingerprint density at radius 3 is 2.83 bits per heavy atom. The van der Waals surface area contributed by atoms with Gasteiger partial charge < -0.3 is 19.8 Å². The van der Waals surface area contributed by atoms with Gasteiger partial charge in [0.25, 0.3) is 5.68 Å². The lowest BCUT2D eigenvalue weighted by Gasteiger charge is -2.16. The SMILES string of the molecule is N=c1occn1Cc1cccc2[nH]c(NC(CO)Cc3ccc(Cl)c(Cl)c3)nc12. The first-order chi connectivity index (χ1) is 14.0. The summed E-state index contributed by atoms with van der Waals surface area (Å²) in [4.78, 5) is 7.89. The van der Waals surface area contributed by atoms with Gasteiger partial charge in [-0.25, -0.2) is 4.98 Å². The highest BCUT2D eigenvalue weighted by atomic mass is 35.5. The van der Waals surface area contributed by atoms with Crippen molar-refractivity contribution in [3.63, 3.8) is 0 Å². The van der Waals surface area contributed by atoms with Crippen molar-refractivity contribution in [1.29, 1.82) is 5.41 Å². The maximum atomic E-state index is 9.81. The largest absolute Gasteiger partial charge is 0.432 e. The predicted molar refractivity (Wildman–Crippen MR) is 112 cm³/mol. The van der Waals surface area contributed by atoms with Gasteiger partial charge in [-0.1, -0.05) is 41.4 Å². The third kappa shape index (κ3) is 4.32. The number of oxazole rings is 1. The van der Waals surface area contributed by atoms with E-state index in [0.717, 1.165) is 22.2 Å². The molecule has 0 saturated heterocycles. The zero-order valence-corrected chi connectivity index (χ0v) is 16.8. The van der Waals surface area contributed by atoms with Crippen molar-refractivity contribution < 1.29 is 9.52 Å². The van der Waals surface area contributed by atoms with Crippen LogP contribution in [-0.2, 0) is 13.0 Å². The monoisotopic (exact) mass is 431 g/mol. The van der Waals surface area contributed by atoms with Crippen molar-refractivity contribution in [3.8, 4) is 0 Å². The third-order valence-corrected chi connectivity index (χ3v) is 5.38. The molecule has 0 radical (unpaired) electrons. The van der Waals surface area contributed by atoms with Gasteiger partial charge in [-0.3, -0.25) is 9.98 Å². The van der Waals surface area contributed by atoms with Crippen molar-refractivity contribution in [3.05, 3.63) is 75.7 Å². The van der Waals surface area contributed by atoms with Gasteiger partial charge in [-0.05, 0) is 35.7 Å². The van der Waals surface area contributed by atoms with E-state index in [-0.39, 0.29) is 18.3 Å². The number of benzene rings is 2. The summed E-state index contributed by atoms with van der Waals surface area (Å²) in [6, 6.07) is 11.0. The summed E-state index contributed by atoms with van der Waals surface area (Å²) in [6.07, 6.45) is 3.76. The Morgan fingerprint density at radius 1 is 1.24 bits per heavy atom. The van der Waals surface area contributed by atoms with Crippen LogP contribution in [0.15, 0.2) is 53.3 Å². The lowest BCUT2D eigenvalue weighted by atomic mass is 10.1. The summed E-state index contributed by atoms with van der Waals surface area (Å²) in [5.41, 5.74) is 3.66. The highest BCUT2D eigenvalue weighted by molar-refractivity contribution is 6.42. The molecule has 0 saturated carbocycles. The van der Waals surface area contributed by atoms with Crippen LogP contribution in [0.2, 0.25) is 10.0 Å². The number of nitrogens with one attached hydrogen (secondary N) is 3. The zero-order chi connectivity index (χ0) is 20.4. The fourth-order valence-electron chi connectivity index (χ4n) is 3.20. The third-order valence-electron chi connectivity index (χ3n) is 4.65. The van der Waals surface area contributed by atoms with Gasteiger partial charge in [0.05, 0.1) is 40.3 Å². The number of anilines is 1. The van der Waals surface area contributed by atoms with E-state index in [9.17, 15) is 5.11 Å². The number of aliphatic hydroxyl groups is 1. The molecule has 0 aliphatic carbocycles. The maximum Gasteiger partial charge on any atom is 0.293 e. The van der Waals surface area contributed by atoms with Crippen LogP contribution in [0, 0.1) is 5.41 Å². The van der Waals surface area contributed by atoms with Crippen molar-refractivity contribution >= 4 is 40.2 Å². The van der Waals surface area contributed by atoms with Crippen LogP contribution < -0.4 is 11.0 Å². The Bertz CT molecular complexity index is 1200. The van der Waals surface area contributed by atoms with Gasteiger partial charge >= 0.3 is 0 Å². The van der Waals surface area contributed by atoms with Crippen LogP contribution in [0.1, 0.15) is 11.1 Å². The highest BCUT2D eigenvalue weighted by Crippen LogP contribution is 2.24. The summed E-state index contributed by atoms with van der Waals surface area (Å²) < 4.78 is 6.73. The van der Waals surface area contributed by atoms with Crippen molar-refractivity contribution in [1.82, 2.24) is 14.5 Å². The number of rotatable bonds is 7. The van der Waals surface area contributed by atoms with Crippen LogP contribution in [0.25, 0.3) is 11.0 Å². The number of fused-ring (bicyclic) bond motifs is 1. The number of aliphatic hydroxyl groups excluding tert-OH is 1. The van der Waals surface area contributed by atoms with Gasteiger partial charge in [0.2, 0.25) is 5.95 Å². The lowest BCUT2D eigenvalue weighted by Crippen LogP contribution is -2.27. The molecule has 0 aliphatic rings. The molecule has 2 aromatic carbocycles. The van der Waals surface area contributed by atoms with Crippen LogP contribution in [-0.4, -0.2) is 32.3 Å². The summed E-state index contributed by atoms with van der Waals surface area (Å²) >= 11 is 12.1. The van der Waals surface area contributed by atoms with E-state index in [1.807, 2.05) is 24.3 Å². The molecule has 0 spiro atoms. The first-order valence-electron chi connectivity index (χ1n) is 9.01. The van der Waals surface area contributed by atoms with Crippen LogP contribution >= 0.6 is 23.2 Å². The van der Waals surface area contributed by atoms with Gasteiger partial charge in [-0.15, -0.1) is 0 Å². The maximum absolute atomic E-state index is 9.81. The van der Waals surface area contributed by atoms with Crippen molar-refractivity contribution in [2.24, 2.45) is 0 Å². The standard InChI is InChI=1S/C20H19Cl2N5O2/c21-15-5-4-12(9-16(15)22)8-14(11-28)24-20-25-17-3-1-2-13(18(17)26-20)10-27-6-7-29-19(27)23/h1-7,9,14,23,28H,8,10-11H2,(H2,24,25,26). The summed E-state index contributed by atoms with van der Waals surface area (Å²) in [7, 11) is 0. The number of H-pyrrole nitrogens is 1. The average Bonchev–Trinajstić information content (AvgIpc) is 3.30. The van der Waals surface area contributed by atoms with Gasteiger partial charge in [0.15, 0.2) is 0 Å². The Balaban J connectivity index is 1.55. The smallest absolute Gasteiger partial charge is 0.293 e. The van der Waals surface area contributed by atoms with Crippen molar-refractivity contribution in [2.75, 3.05) is 11.9 Å². The number of nitrogens with zero attached hydrogens (tertiary/aromatic N) is 2. The Morgan fingerprint density at radius 2 is 2.10 bits per heavy atom. The van der Waals surface area contributed by atoms with Crippen molar-refractivity contribution in [2.45, 2.75) is 19.0 Å². The lowest BCUT2D eigenvalue weighted by molar-refractivity contribution is 0.273. The Labute approximate surface area is 176 Å². The molecular weight excluding hydrogens is 413 g/mol. The molecule has 7 nitrogen and oxygen atoms in total. The molecule has 2 heterocycles. The summed E-state index contributed by atoms with van der Waals surface area (Å²) in [6.45, 7) is 0.404. The van der Waals surface area contributed by atoms with Gasteiger partial charge in [-0.2, -0.15) is 0 Å². The number of imidazole rings is 1. The Kier molecular flexibility index (Phi) is 5.62. The second-order valence-electron chi connectivity index (χ2n) is 6.71. The van der Waals surface area contributed by atoms with E-state index in [2.05, 4.69) is 15.3 Å². The normalized spacial score (nSPS) is 12.4. The second kappa shape index (κ2) is 8.32. The molecule has 29 heavy (non-hydrogen) atoms. The molecule has 4 aromatic rings. The van der Waals surface area contributed by atoms with E-state index < -0.39 is 0 Å². The van der Waals surface area contributed by atoms with Gasteiger partial charge in [0, 0.05) is 6.20 Å². The average molecular weight is 432 g/mol. The number of aromatic nitrogens is 3. The molecule has 9 heteroatoms. The molecule has 1 unspecified atom stereocenters. The molecular formula is C20H19Cl2N5O2. The molecule has 0 bridgehead atoms. The van der Waals surface area contributed by atoms with E-state index >= 15 is 0 Å². The number of hydrogen-bond acceptors (Lipinski definition) is 5. The minimum Gasteiger partial charge on any atom is -0.432 e. The van der Waals surface area contributed by atoms with E-state index in [4.69, 9.17) is 33.0 Å². The van der Waals surface area contributed by atoms with Crippen LogP contribution in [0.3, 0.4) is 0 Å². The molecule has 0 aliphatic heterocycles. The fraction of sp³-hybridized carbons (Fsp3) is 0.200.